The highest BCUT2D eigenvalue weighted by Gasteiger charge is 2.13. The first kappa shape index (κ1) is 20.0. The molecule has 3 heterocycles. The smallest absolute Gasteiger partial charge is 0.328 e. The van der Waals surface area contributed by atoms with E-state index >= 15 is 0 Å². The lowest BCUT2D eigenvalue weighted by Crippen LogP contribution is -2.29. The van der Waals surface area contributed by atoms with Gasteiger partial charge in [0.15, 0.2) is 0 Å². The topological polar surface area (TPSA) is 136 Å². The zero-order valence-corrected chi connectivity index (χ0v) is 16.3. The van der Waals surface area contributed by atoms with Crippen molar-refractivity contribution in [3.63, 3.8) is 0 Å². The van der Waals surface area contributed by atoms with E-state index in [4.69, 9.17) is 4.52 Å². The van der Waals surface area contributed by atoms with Crippen molar-refractivity contribution in [3.05, 3.63) is 93.3 Å². The minimum Gasteiger partial charge on any atom is -0.339 e. The number of aryl methyl sites for hydroxylation is 1. The minimum absolute atomic E-state index is 0.0625. The van der Waals surface area contributed by atoms with Crippen molar-refractivity contribution in [3.8, 4) is 11.4 Å². The van der Waals surface area contributed by atoms with E-state index in [1.54, 1.807) is 30.6 Å². The molecule has 0 aliphatic heterocycles. The summed E-state index contributed by atoms with van der Waals surface area (Å²) in [5.74, 6) is 0.604. The first-order chi connectivity index (χ1) is 15.1. The van der Waals surface area contributed by atoms with Gasteiger partial charge >= 0.3 is 5.69 Å². The van der Waals surface area contributed by atoms with E-state index in [1.165, 1.54) is 16.8 Å². The third kappa shape index (κ3) is 4.99. The number of aromatic amines is 1. The summed E-state index contributed by atoms with van der Waals surface area (Å²) in [6.07, 6.45) is 5.06. The second kappa shape index (κ2) is 8.99. The van der Waals surface area contributed by atoms with Crippen molar-refractivity contribution in [1.82, 2.24) is 24.7 Å². The highest BCUT2D eigenvalue weighted by Crippen LogP contribution is 2.21. The number of hydrogen-bond donors (Lipinski definition) is 2. The molecule has 0 aliphatic rings. The van der Waals surface area contributed by atoms with Crippen LogP contribution in [0.15, 0.2) is 75.2 Å². The van der Waals surface area contributed by atoms with Gasteiger partial charge in [-0.15, -0.1) is 0 Å². The Kier molecular flexibility index (Phi) is 5.79. The summed E-state index contributed by atoms with van der Waals surface area (Å²) in [5.41, 5.74) is 1.19. The summed E-state index contributed by atoms with van der Waals surface area (Å²) in [7, 11) is 0. The molecule has 0 bridgehead atoms. The minimum atomic E-state index is -0.554. The molecule has 0 aliphatic carbocycles. The molecule has 1 aromatic carbocycles. The van der Waals surface area contributed by atoms with Gasteiger partial charge in [-0.25, -0.2) is 4.79 Å². The maximum atomic E-state index is 12.4. The highest BCUT2D eigenvalue weighted by molar-refractivity contribution is 5.91. The van der Waals surface area contributed by atoms with Crippen molar-refractivity contribution < 1.29 is 9.32 Å². The SMILES string of the molecule is O=C(CCn1ccc(=O)[nH]c1=O)Nc1ccccc1Cc1nc(-c2ccncc2)no1. The summed E-state index contributed by atoms with van der Waals surface area (Å²) in [4.78, 5) is 45.8. The molecule has 4 aromatic rings. The Morgan fingerprint density at radius 3 is 2.71 bits per heavy atom. The van der Waals surface area contributed by atoms with Crippen LogP contribution >= 0.6 is 0 Å². The van der Waals surface area contributed by atoms with E-state index in [0.717, 1.165) is 11.1 Å². The molecule has 0 spiro atoms. The molecule has 10 heteroatoms. The molecule has 3 aromatic heterocycles. The van der Waals surface area contributed by atoms with Crippen molar-refractivity contribution in [2.24, 2.45) is 0 Å². The third-order valence-corrected chi connectivity index (χ3v) is 4.52. The number of hydrogen-bond acceptors (Lipinski definition) is 7. The van der Waals surface area contributed by atoms with Crippen molar-refractivity contribution >= 4 is 11.6 Å². The standard InChI is InChI=1S/C21H18N6O4/c28-17(7-11-27-12-8-18(29)24-21(27)30)23-16-4-2-1-3-15(16)13-19-25-20(26-31-19)14-5-9-22-10-6-14/h1-6,8-10,12H,7,11,13H2,(H,23,28)(H,24,29,30). The largest absolute Gasteiger partial charge is 0.339 e. The fourth-order valence-electron chi connectivity index (χ4n) is 2.96. The summed E-state index contributed by atoms with van der Waals surface area (Å²) in [5, 5.41) is 6.84. The molecule has 31 heavy (non-hydrogen) atoms. The van der Waals surface area contributed by atoms with Crippen LogP contribution in [0.5, 0.6) is 0 Å². The monoisotopic (exact) mass is 418 g/mol. The van der Waals surface area contributed by atoms with Gasteiger partial charge < -0.3 is 14.4 Å². The molecule has 0 radical (unpaired) electrons. The Morgan fingerprint density at radius 2 is 1.90 bits per heavy atom. The van der Waals surface area contributed by atoms with Gasteiger partial charge in [0, 0.05) is 48.9 Å². The molecule has 10 nitrogen and oxygen atoms in total. The molecular formula is C21H18N6O4. The Hall–Kier alpha value is -4.34. The number of pyridine rings is 1. The Bertz CT molecular complexity index is 1310. The lowest BCUT2D eigenvalue weighted by molar-refractivity contribution is -0.116. The van der Waals surface area contributed by atoms with Crippen LogP contribution in [0.4, 0.5) is 5.69 Å². The number of para-hydroxylation sites is 1. The van der Waals surface area contributed by atoms with E-state index in [9.17, 15) is 14.4 Å². The van der Waals surface area contributed by atoms with Gasteiger partial charge in [-0.1, -0.05) is 23.4 Å². The van der Waals surface area contributed by atoms with Crippen molar-refractivity contribution in [2.75, 3.05) is 5.32 Å². The number of rotatable bonds is 7. The van der Waals surface area contributed by atoms with E-state index in [-0.39, 0.29) is 18.9 Å². The van der Waals surface area contributed by atoms with E-state index in [0.29, 0.717) is 23.8 Å². The predicted molar refractivity (Wildman–Crippen MR) is 111 cm³/mol. The fraction of sp³-hybridized carbons (Fsp3) is 0.143. The van der Waals surface area contributed by atoms with Crippen molar-refractivity contribution in [2.45, 2.75) is 19.4 Å². The number of carbonyl (C=O) groups excluding carboxylic acids is 1. The van der Waals surface area contributed by atoms with Crippen molar-refractivity contribution in [1.29, 1.82) is 0 Å². The van der Waals surface area contributed by atoms with Crippen LogP contribution in [-0.4, -0.2) is 30.6 Å². The van der Waals surface area contributed by atoms with E-state index < -0.39 is 11.2 Å². The Morgan fingerprint density at radius 1 is 1.10 bits per heavy atom. The third-order valence-electron chi connectivity index (χ3n) is 4.52. The second-order valence-corrected chi connectivity index (χ2v) is 6.68. The van der Waals surface area contributed by atoms with Gasteiger partial charge in [-0.2, -0.15) is 4.98 Å². The molecule has 0 atom stereocenters. The average Bonchev–Trinajstić information content (AvgIpc) is 3.24. The number of nitrogens with zero attached hydrogens (tertiary/aromatic N) is 4. The van der Waals surface area contributed by atoms with Gasteiger partial charge in [-0.3, -0.25) is 19.6 Å². The summed E-state index contributed by atoms with van der Waals surface area (Å²) >= 11 is 0. The number of benzene rings is 1. The predicted octanol–water partition coefficient (Wildman–Crippen LogP) is 1.60. The number of nitrogens with one attached hydrogen (secondary N) is 2. The molecule has 4 rings (SSSR count). The van der Waals surface area contributed by atoms with Gasteiger partial charge in [0.05, 0.1) is 6.42 Å². The lowest BCUT2D eigenvalue weighted by Gasteiger charge is -2.10. The molecular weight excluding hydrogens is 400 g/mol. The zero-order chi connectivity index (χ0) is 21.6. The van der Waals surface area contributed by atoms with Crippen LogP contribution in [0.1, 0.15) is 17.9 Å². The van der Waals surface area contributed by atoms with Crippen LogP contribution in [-0.2, 0) is 17.8 Å². The highest BCUT2D eigenvalue weighted by atomic mass is 16.5. The first-order valence-corrected chi connectivity index (χ1v) is 9.49. The molecule has 1 amide bonds. The van der Waals surface area contributed by atoms with Gasteiger partial charge in [0.2, 0.25) is 17.6 Å². The van der Waals surface area contributed by atoms with E-state index in [2.05, 4.69) is 25.4 Å². The normalized spacial score (nSPS) is 10.7. The zero-order valence-electron chi connectivity index (χ0n) is 16.3. The van der Waals surface area contributed by atoms with Gasteiger partial charge in [0.1, 0.15) is 0 Å². The maximum Gasteiger partial charge on any atom is 0.328 e. The lowest BCUT2D eigenvalue weighted by atomic mass is 10.1. The molecule has 0 saturated carbocycles. The van der Waals surface area contributed by atoms with E-state index in [1.807, 2.05) is 18.2 Å². The van der Waals surface area contributed by atoms with Gasteiger partial charge in [0.25, 0.3) is 5.56 Å². The molecule has 0 saturated heterocycles. The maximum absolute atomic E-state index is 12.4. The number of carbonyl (C=O) groups is 1. The number of H-pyrrole nitrogens is 1. The fourth-order valence-corrected chi connectivity index (χ4v) is 2.96. The summed E-state index contributed by atoms with van der Waals surface area (Å²) in [6, 6.07) is 12.1. The van der Waals surface area contributed by atoms with Crippen LogP contribution in [0.2, 0.25) is 0 Å². The molecule has 0 unspecified atom stereocenters. The Labute approximate surface area is 175 Å². The molecule has 2 N–H and O–H groups in total. The van der Waals surface area contributed by atoms with Crippen LogP contribution in [0.3, 0.4) is 0 Å². The quantitative estimate of drug-likeness (QED) is 0.465. The van der Waals surface area contributed by atoms with Gasteiger partial charge in [-0.05, 0) is 23.8 Å². The Balaban J connectivity index is 1.42. The first-order valence-electron chi connectivity index (χ1n) is 9.49. The number of amides is 1. The number of anilines is 1. The summed E-state index contributed by atoms with van der Waals surface area (Å²) < 4.78 is 6.62. The number of aromatic nitrogens is 5. The average molecular weight is 418 g/mol. The molecule has 156 valence electrons. The second-order valence-electron chi connectivity index (χ2n) is 6.68. The van der Waals surface area contributed by atoms with Crippen LogP contribution in [0.25, 0.3) is 11.4 Å². The van der Waals surface area contributed by atoms with Crippen LogP contribution < -0.4 is 16.6 Å². The van der Waals surface area contributed by atoms with Crippen LogP contribution in [0, 0.1) is 0 Å². The summed E-state index contributed by atoms with van der Waals surface area (Å²) in [6.45, 7) is 0.141. The molecule has 0 fully saturated rings.